The zero-order valence-electron chi connectivity index (χ0n) is 18.4. The van der Waals surface area contributed by atoms with E-state index in [0.29, 0.717) is 19.3 Å². The molecular weight excluding hydrogens is 412 g/mol. The number of amides is 2. The van der Waals surface area contributed by atoms with E-state index in [-0.39, 0.29) is 24.0 Å². The van der Waals surface area contributed by atoms with Gasteiger partial charge in [0.05, 0.1) is 0 Å². The second kappa shape index (κ2) is 9.82. The number of benzene rings is 3. The largest absolute Gasteiger partial charge is 0.368 e. The molecule has 3 aromatic rings. The smallest absolute Gasteiger partial charge is 0.240 e. The maximum Gasteiger partial charge on any atom is 0.240 e. The molecule has 2 amide bonds. The number of Topliss-reactive ketones (excluding diaryl/α,β-unsaturated/α-hetero) is 1. The van der Waals surface area contributed by atoms with Crippen molar-refractivity contribution in [2.45, 2.75) is 37.1 Å². The quantitative estimate of drug-likeness (QED) is 0.549. The lowest BCUT2D eigenvalue weighted by Crippen LogP contribution is -2.56. The standard InChI is InChI=1S/C28H28N2O3/c29-26(32)25(20-11-10-18-24(31)19-20)30-27(33)28(21-12-4-1-5-13-21,22-14-6-2-7-15-22)23-16-8-3-9-17-23/h1-9,12-17,20,25H,10-11,18-19H2,(H2,29,32)(H,30,33)/t20-,25+/m1/s1. The number of carbonyl (C=O) groups excluding carboxylic acids is 3. The Kier molecular flexibility index (Phi) is 6.68. The molecule has 4 rings (SSSR count). The van der Waals surface area contributed by atoms with Gasteiger partial charge in [-0.25, -0.2) is 0 Å². The highest BCUT2D eigenvalue weighted by Gasteiger charge is 2.46. The summed E-state index contributed by atoms with van der Waals surface area (Å²) in [5.74, 6) is -1.15. The highest BCUT2D eigenvalue weighted by atomic mass is 16.2. The lowest BCUT2D eigenvalue weighted by atomic mass is 9.68. The summed E-state index contributed by atoms with van der Waals surface area (Å²) in [4.78, 5) is 38.9. The van der Waals surface area contributed by atoms with E-state index in [9.17, 15) is 14.4 Å². The Labute approximate surface area is 194 Å². The summed E-state index contributed by atoms with van der Waals surface area (Å²) < 4.78 is 0. The second-order valence-electron chi connectivity index (χ2n) is 8.60. The summed E-state index contributed by atoms with van der Waals surface area (Å²) in [6.07, 6.45) is 2.14. The van der Waals surface area contributed by atoms with E-state index in [0.717, 1.165) is 16.7 Å². The first kappa shape index (κ1) is 22.5. The van der Waals surface area contributed by atoms with Crippen molar-refractivity contribution in [2.75, 3.05) is 0 Å². The number of hydrogen-bond donors (Lipinski definition) is 2. The molecule has 0 heterocycles. The summed E-state index contributed by atoms with van der Waals surface area (Å²) in [5, 5.41) is 2.98. The lowest BCUT2D eigenvalue weighted by Gasteiger charge is -2.37. The minimum atomic E-state index is -1.20. The molecule has 0 aromatic heterocycles. The van der Waals surface area contributed by atoms with Gasteiger partial charge in [-0.2, -0.15) is 0 Å². The van der Waals surface area contributed by atoms with Crippen LogP contribution in [0.1, 0.15) is 42.4 Å². The van der Waals surface area contributed by atoms with E-state index >= 15 is 0 Å². The molecule has 3 aromatic carbocycles. The summed E-state index contributed by atoms with van der Waals surface area (Å²) in [6, 6.07) is 27.7. The van der Waals surface area contributed by atoms with Crippen molar-refractivity contribution < 1.29 is 14.4 Å². The van der Waals surface area contributed by atoms with Gasteiger partial charge in [0.1, 0.15) is 17.2 Å². The predicted molar refractivity (Wildman–Crippen MR) is 127 cm³/mol. The molecule has 0 bridgehead atoms. The molecular formula is C28H28N2O3. The molecule has 5 nitrogen and oxygen atoms in total. The fourth-order valence-electron chi connectivity index (χ4n) is 4.97. The number of primary amides is 1. The molecule has 2 atom stereocenters. The Bertz CT molecular complexity index is 1020. The number of carbonyl (C=O) groups is 3. The lowest BCUT2D eigenvalue weighted by molar-refractivity contribution is -0.132. The molecule has 3 N–H and O–H groups in total. The third-order valence-corrected chi connectivity index (χ3v) is 6.55. The summed E-state index contributed by atoms with van der Waals surface area (Å²) in [7, 11) is 0. The zero-order chi connectivity index (χ0) is 23.3. The highest BCUT2D eigenvalue weighted by Crippen LogP contribution is 2.40. The number of ketones is 1. The third kappa shape index (κ3) is 4.44. The van der Waals surface area contributed by atoms with Gasteiger partial charge in [-0.15, -0.1) is 0 Å². The van der Waals surface area contributed by atoms with Gasteiger partial charge in [0.15, 0.2) is 0 Å². The highest BCUT2D eigenvalue weighted by molar-refractivity contribution is 5.99. The van der Waals surface area contributed by atoms with Crippen LogP contribution >= 0.6 is 0 Å². The van der Waals surface area contributed by atoms with Gasteiger partial charge < -0.3 is 11.1 Å². The van der Waals surface area contributed by atoms with Crippen LogP contribution in [-0.2, 0) is 19.8 Å². The van der Waals surface area contributed by atoms with Crippen LogP contribution in [0.15, 0.2) is 91.0 Å². The predicted octanol–water partition coefficient (Wildman–Crippen LogP) is 3.75. The minimum Gasteiger partial charge on any atom is -0.368 e. The Morgan fingerprint density at radius 3 is 1.67 bits per heavy atom. The molecule has 5 heteroatoms. The zero-order valence-corrected chi connectivity index (χ0v) is 18.4. The van der Waals surface area contributed by atoms with Crippen LogP contribution in [0.4, 0.5) is 0 Å². The van der Waals surface area contributed by atoms with Crippen LogP contribution in [0.3, 0.4) is 0 Å². The first-order valence-electron chi connectivity index (χ1n) is 11.3. The summed E-state index contributed by atoms with van der Waals surface area (Å²) in [6.45, 7) is 0. The van der Waals surface area contributed by atoms with Crippen molar-refractivity contribution in [2.24, 2.45) is 11.7 Å². The average molecular weight is 441 g/mol. The van der Waals surface area contributed by atoms with E-state index in [1.807, 2.05) is 91.0 Å². The monoisotopic (exact) mass is 440 g/mol. The molecule has 0 radical (unpaired) electrons. The van der Waals surface area contributed by atoms with Crippen molar-refractivity contribution in [1.29, 1.82) is 0 Å². The fourth-order valence-corrected chi connectivity index (χ4v) is 4.97. The molecule has 0 spiro atoms. The van der Waals surface area contributed by atoms with Crippen molar-refractivity contribution in [1.82, 2.24) is 5.32 Å². The minimum absolute atomic E-state index is 0.104. The summed E-state index contributed by atoms with van der Waals surface area (Å²) >= 11 is 0. The van der Waals surface area contributed by atoms with Crippen molar-refractivity contribution in [3.05, 3.63) is 108 Å². The first-order chi connectivity index (χ1) is 16.0. The molecule has 0 aliphatic heterocycles. The van der Waals surface area contributed by atoms with E-state index in [4.69, 9.17) is 5.73 Å². The molecule has 1 saturated carbocycles. The number of rotatable bonds is 7. The average Bonchev–Trinajstić information content (AvgIpc) is 2.85. The maximum atomic E-state index is 14.3. The number of hydrogen-bond acceptors (Lipinski definition) is 3. The van der Waals surface area contributed by atoms with E-state index in [2.05, 4.69) is 5.32 Å². The van der Waals surface area contributed by atoms with Gasteiger partial charge in [-0.05, 0) is 35.4 Å². The molecule has 0 unspecified atom stereocenters. The Balaban J connectivity index is 1.86. The van der Waals surface area contributed by atoms with Gasteiger partial charge in [0.2, 0.25) is 11.8 Å². The van der Waals surface area contributed by atoms with Gasteiger partial charge in [-0.3, -0.25) is 14.4 Å². The Morgan fingerprint density at radius 1 is 0.818 bits per heavy atom. The SMILES string of the molecule is NC(=O)[C@@H](NC(=O)C(c1ccccc1)(c1ccccc1)c1ccccc1)[C@@H]1CCCC(=O)C1. The van der Waals surface area contributed by atoms with Gasteiger partial charge >= 0.3 is 0 Å². The number of nitrogens with two attached hydrogens (primary N) is 1. The summed E-state index contributed by atoms with van der Waals surface area (Å²) in [5.41, 5.74) is 6.90. The first-order valence-corrected chi connectivity index (χ1v) is 11.3. The molecule has 33 heavy (non-hydrogen) atoms. The maximum absolute atomic E-state index is 14.3. The Morgan fingerprint density at radius 2 is 1.27 bits per heavy atom. The normalized spacial score (nSPS) is 17.2. The van der Waals surface area contributed by atoms with Crippen LogP contribution < -0.4 is 11.1 Å². The molecule has 168 valence electrons. The molecule has 1 aliphatic carbocycles. The van der Waals surface area contributed by atoms with Crippen molar-refractivity contribution in [3.8, 4) is 0 Å². The van der Waals surface area contributed by atoms with E-state index in [1.54, 1.807) is 0 Å². The van der Waals surface area contributed by atoms with Crippen LogP contribution in [0.5, 0.6) is 0 Å². The van der Waals surface area contributed by atoms with Gasteiger partial charge in [0, 0.05) is 12.8 Å². The third-order valence-electron chi connectivity index (χ3n) is 6.55. The van der Waals surface area contributed by atoms with Crippen LogP contribution in [0, 0.1) is 5.92 Å². The Hall–Kier alpha value is -3.73. The van der Waals surface area contributed by atoms with Gasteiger partial charge in [0.25, 0.3) is 0 Å². The van der Waals surface area contributed by atoms with Crippen molar-refractivity contribution in [3.63, 3.8) is 0 Å². The van der Waals surface area contributed by atoms with E-state index in [1.165, 1.54) is 0 Å². The molecule has 1 fully saturated rings. The van der Waals surface area contributed by atoms with Crippen LogP contribution in [0.25, 0.3) is 0 Å². The van der Waals surface area contributed by atoms with Gasteiger partial charge in [-0.1, -0.05) is 91.0 Å². The van der Waals surface area contributed by atoms with Crippen molar-refractivity contribution >= 4 is 17.6 Å². The van der Waals surface area contributed by atoms with E-state index < -0.39 is 17.4 Å². The number of nitrogens with one attached hydrogen (secondary N) is 1. The fraction of sp³-hybridized carbons (Fsp3) is 0.250. The topological polar surface area (TPSA) is 89.3 Å². The molecule has 1 aliphatic rings. The van der Waals surface area contributed by atoms with Crippen LogP contribution in [-0.4, -0.2) is 23.6 Å². The van der Waals surface area contributed by atoms with Crippen LogP contribution in [0.2, 0.25) is 0 Å². The second-order valence-corrected chi connectivity index (χ2v) is 8.60. The molecule has 0 saturated heterocycles.